The summed E-state index contributed by atoms with van der Waals surface area (Å²) in [6.45, 7) is 10.1. The van der Waals surface area contributed by atoms with Crippen molar-refractivity contribution in [1.29, 1.82) is 0 Å². The van der Waals surface area contributed by atoms with Crippen molar-refractivity contribution in [1.82, 2.24) is 4.72 Å². The number of carboxylic acid groups (broad SMARTS) is 1. The Morgan fingerprint density at radius 1 is 1.09 bits per heavy atom. The maximum atomic E-state index is 11.1. The Bertz CT molecular complexity index is 675. The van der Waals surface area contributed by atoms with Gasteiger partial charge in [0.1, 0.15) is 5.75 Å². The van der Waals surface area contributed by atoms with E-state index in [4.69, 9.17) is 21.7 Å². The second-order valence-corrected chi connectivity index (χ2v) is 11.7. The molecule has 0 aromatic carbocycles. The van der Waals surface area contributed by atoms with Crippen LogP contribution in [0.25, 0.3) is 0 Å². The summed E-state index contributed by atoms with van der Waals surface area (Å²) in [6, 6.07) is -0.225. The number of hydrogen-bond donors (Lipinski definition) is 5. The van der Waals surface area contributed by atoms with Gasteiger partial charge in [0.15, 0.2) is 0 Å². The van der Waals surface area contributed by atoms with Crippen molar-refractivity contribution in [3.05, 3.63) is 10.1 Å². The molecule has 2 atom stereocenters. The molecule has 0 bridgehead atoms. The van der Waals surface area contributed by atoms with Crippen LogP contribution in [0.15, 0.2) is 0 Å². The first-order chi connectivity index (χ1) is 15.5. The van der Waals surface area contributed by atoms with E-state index in [0.717, 1.165) is 13.5 Å². The standard InChI is InChI=1S/C7H18N2O2S.C4H9NO2.C4H10.C2H4ClNO4S.CH4O/c1-3-7(2)6-9-12(10,11)5-4-8;1-3(5)2-4(6)7;1-3-4-2;3-9(7,8)2-1-4(5)6;1-2/h7,9H,3-6,8H2,1-2H3;3H,2,5H2,1H3,(H,6,7);3-4H2,1-2H3;1-2H2;2H,1H3. The van der Waals surface area contributed by atoms with Crippen LogP contribution in [0.3, 0.4) is 0 Å². The molecule has 0 saturated carbocycles. The van der Waals surface area contributed by atoms with Crippen molar-refractivity contribution < 1.29 is 36.8 Å². The summed E-state index contributed by atoms with van der Waals surface area (Å²) in [6.07, 6.45) is 3.67. The molecule has 210 valence electrons. The lowest BCUT2D eigenvalue weighted by Crippen LogP contribution is -2.32. The van der Waals surface area contributed by atoms with Gasteiger partial charge in [0.05, 0.1) is 12.2 Å². The zero-order valence-electron chi connectivity index (χ0n) is 21.1. The van der Waals surface area contributed by atoms with Gasteiger partial charge < -0.3 is 21.7 Å². The normalized spacial score (nSPS) is 11.9. The first-order valence-corrected chi connectivity index (χ1v) is 14.7. The first-order valence-electron chi connectivity index (χ1n) is 10.6. The van der Waals surface area contributed by atoms with Gasteiger partial charge in [-0.15, -0.1) is 0 Å². The third-order valence-electron chi connectivity index (χ3n) is 3.25. The molecule has 0 saturated heterocycles. The Morgan fingerprint density at radius 2 is 1.53 bits per heavy atom. The number of nitrogens with two attached hydrogens (primary N) is 2. The van der Waals surface area contributed by atoms with Crippen LogP contribution in [0.2, 0.25) is 0 Å². The van der Waals surface area contributed by atoms with Crippen molar-refractivity contribution in [2.24, 2.45) is 17.4 Å². The molecule has 34 heavy (non-hydrogen) atoms. The molecule has 0 heterocycles. The highest BCUT2D eigenvalue weighted by atomic mass is 35.7. The molecule has 0 fully saturated rings. The molecule has 0 aliphatic heterocycles. The van der Waals surface area contributed by atoms with Gasteiger partial charge in [-0.05, 0) is 12.8 Å². The van der Waals surface area contributed by atoms with Crippen LogP contribution in [0.5, 0.6) is 0 Å². The van der Waals surface area contributed by atoms with Gasteiger partial charge >= 0.3 is 5.97 Å². The number of halogens is 1. The molecular formula is C18H45ClN4O9S2. The number of rotatable bonds is 12. The molecule has 0 aliphatic carbocycles. The lowest BCUT2D eigenvalue weighted by molar-refractivity contribution is -0.474. The minimum Gasteiger partial charge on any atom is -0.481 e. The number of carboxylic acids is 1. The molecular weight excluding hydrogens is 516 g/mol. The van der Waals surface area contributed by atoms with E-state index in [1.165, 1.54) is 12.8 Å². The van der Waals surface area contributed by atoms with E-state index in [2.05, 4.69) is 29.3 Å². The van der Waals surface area contributed by atoms with E-state index < -0.39 is 42.3 Å². The van der Waals surface area contributed by atoms with Crippen molar-refractivity contribution in [2.45, 2.75) is 66.3 Å². The summed E-state index contributed by atoms with van der Waals surface area (Å²) in [4.78, 5) is 18.5. The Morgan fingerprint density at radius 3 is 1.71 bits per heavy atom. The number of carbonyl (C=O) groups is 1. The fourth-order valence-electron chi connectivity index (χ4n) is 1.10. The van der Waals surface area contributed by atoms with E-state index in [9.17, 15) is 31.7 Å². The summed E-state index contributed by atoms with van der Waals surface area (Å²) < 4.78 is 44.6. The predicted molar refractivity (Wildman–Crippen MR) is 136 cm³/mol. The maximum Gasteiger partial charge on any atom is 0.304 e. The molecule has 0 radical (unpaired) electrons. The number of aliphatic hydroxyl groups is 1. The minimum atomic E-state index is -3.69. The molecule has 2 unspecified atom stereocenters. The molecule has 0 spiro atoms. The molecule has 0 aromatic rings. The molecule has 0 amide bonds. The Balaban J connectivity index is -0.000000113. The van der Waals surface area contributed by atoms with Crippen LogP contribution in [-0.2, 0) is 23.9 Å². The Labute approximate surface area is 209 Å². The van der Waals surface area contributed by atoms with Crippen LogP contribution in [0.4, 0.5) is 0 Å². The van der Waals surface area contributed by atoms with Crippen molar-refractivity contribution in [2.75, 3.05) is 38.2 Å². The van der Waals surface area contributed by atoms with Gasteiger partial charge in [0.25, 0.3) is 0 Å². The highest BCUT2D eigenvalue weighted by Gasteiger charge is 2.09. The number of sulfonamides is 1. The summed E-state index contributed by atoms with van der Waals surface area (Å²) in [5, 5.41) is 24.5. The highest BCUT2D eigenvalue weighted by Crippen LogP contribution is 1.98. The Kier molecular flexibility index (Phi) is 35.6. The monoisotopic (exact) mass is 560 g/mol. The van der Waals surface area contributed by atoms with Crippen molar-refractivity contribution in [3.8, 4) is 0 Å². The summed E-state index contributed by atoms with van der Waals surface area (Å²) >= 11 is 0. The quantitative estimate of drug-likeness (QED) is 0.128. The van der Waals surface area contributed by atoms with E-state index in [-0.39, 0.29) is 24.8 Å². The van der Waals surface area contributed by atoms with Crippen LogP contribution in [0, 0.1) is 16.0 Å². The summed E-state index contributed by atoms with van der Waals surface area (Å²) in [7, 11) is -1.16. The lowest BCUT2D eigenvalue weighted by Gasteiger charge is -2.09. The van der Waals surface area contributed by atoms with Crippen molar-refractivity contribution in [3.63, 3.8) is 0 Å². The fraction of sp³-hybridized carbons (Fsp3) is 0.944. The van der Waals surface area contributed by atoms with E-state index in [1.807, 2.05) is 13.8 Å². The summed E-state index contributed by atoms with van der Waals surface area (Å²) in [5.41, 5.74) is 10.2. The molecule has 0 aromatic heterocycles. The van der Waals surface area contributed by atoms with Crippen LogP contribution < -0.4 is 16.2 Å². The number of aliphatic carboxylic acids is 1. The fourth-order valence-corrected chi connectivity index (χ4v) is 2.67. The van der Waals surface area contributed by atoms with Crippen LogP contribution in [0.1, 0.15) is 60.3 Å². The van der Waals surface area contributed by atoms with Gasteiger partial charge in [0.2, 0.25) is 25.6 Å². The van der Waals surface area contributed by atoms with Gasteiger partial charge in [-0.2, -0.15) is 0 Å². The van der Waals surface area contributed by atoms with E-state index in [1.54, 1.807) is 6.92 Å². The first kappa shape index (κ1) is 43.0. The van der Waals surface area contributed by atoms with Gasteiger partial charge in [-0.3, -0.25) is 14.9 Å². The third-order valence-corrected chi connectivity index (χ3v) is 5.76. The largest absolute Gasteiger partial charge is 0.481 e. The number of nitro groups is 1. The van der Waals surface area contributed by atoms with Crippen LogP contribution in [-0.4, -0.2) is 82.2 Å². The van der Waals surface area contributed by atoms with E-state index in [0.29, 0.717) is 12.5 Å². The average Bonchev–Trinajstić information content (AvgIpc) is 2.71. The van der Waals surface area contributed by atoms with Gasteiger partial charge in [-0.25, -0.2) is 21.6 Å². The zero-order chi connectivity index (χ0) is 28.4. The predicted octanol–water partition coefficient (Wildman–Crippen LogP) is 0.966. The molecule has 13 nitrogen and oxygen atoms in total. The topological polar surface area (TPSA) is 233 Å². The number of hydrogen-bond acceptors (Lipinski definition) is 10. The van der Waals surface area contributed by atoms with Crippen LogP contribution >= 0.6 is 10.7 Å². The van der Waals surface area contributed by atoms with E-state index >= 15 is 0 Å². The Hall–Kier alpha value is -1.10. The molecule has 16 heteroatoms. The summed E-state index contributed by atoms with van der Waals surface area (Å²) in [5.74, 6) is -1.04. The molecule has 0 aliphatic rings. The SMILES string of the molecule is CC(N)CC(=O)O.CCC(C)CNS(=O)(=O)CCN.CCCC.CO.O=[N+]([O-])CCS(=O)(=O)Cl. The van der Waals surface area contributed by atoms with Gasteiger partial charge in [0, 0.05) is 41.8 Å². The maximum absolute atomic E-state index is 11.1. The third kappa shape index (κ3) is 57.6. The second-order valence-electron chi connectivity index (χ2n) is 6.84. The smallest absolute Gasteiger partial charge is 0.304 e. The minimum absolute atomic E-state index is 0.0173. The highest BCUT2D eigenvalue weighted by molar-refractivity contribution is 8.13. The number of unbranched alkanes of at least 4 members (excludes halogenated alkanes) is 1. The number of nitrogens with one attached hydrogen (secondary N) is 1. The average molecular weight is 561 g/mol. The lowest BCUT2D eigenvalue weighted by atomic mass is 10.1. The van der Waals surface area contributed by atoms with Crippen molar-refractivity contribution >= 4 is 35.7 Å². The second kappa shape index (κ2) is 28.1. The molecule has 0 rings (SSSR count). The molecule has 7 N–H and O–H groups in total. The zero-order valence-corrected chi connectivity index (χ0v) is 23.5. The number of nitrogens with zero attached hydrogens (tertiary/aromatic N) is 1. The van der Waals surface area contributed by atoms with Gasteiger partial charge in [-0.1, -0.05) is 47.0 Å². The number of aliphatic hydroxyl groups excluding tert-OH is 1.